The number of aliphatic hydroxyl groups is 1. The molecule has 12 nitrogen and oxygen atoms in total. The number of likely N-dealkylation sites (N-methyl/N-ethyl adjacent to an activating group) is 1. The lowest BCUT2D eigenvalue weighted by Crippen LogP contribution is -2.65. The van der Waals surface area contributed by atoms with Crippen molar-refractivity contribution in [1.82, 2.24) is 24.4 Å². The second-order valence-corrected chi connectivity index (χ2v) is 9.61. The minimum Gasteiger partial charge on any atom is -0.479 e. The number of carboxylic acids is 1. The van der Waals surface area contributed by atoms with E-state index < -0.39 is 46.7 Å². The number of nitrogens with one attached hydrogen (secondary N) is 1. The Balaban J connectivity index is 2.14. The molecule has 1 aliphatic carbocycles. The smallest absolute Gasteiger partial charge is 0.411 e. The summed E-state index contributed by atoms with van der Waals surface area (Å²) in [6, 6.07) is 0. The molecule has 2 aromatic heterocycles. The number of fused-ring (bicyclic) bond motifs is 1. The predicted molar refractivity (Wildman–Crippen MR) is 120 cm³/mol. The van der Waals surface area contributed by atoms with E-state index in [1.807, 2.05) is 0 Å². The molecule has 0 aromatic carbocycles. The van der Waals surface area contributed by atoms with E-state index in [1.54, 1.807) is 40.8 Å². The minimum absolute atomic E-state index is 0.0653. The first-order chi connectivity index (χ1) is 15.2. The van der Waals surface area contributed by atoms with Crippen molar-refractivity contribution in [1.29, 1.82) is 0 Å². The minimum atomic E-state index is -1.81. The van der Waals surface area contributed by atoms with Gasteiger partial charge in [0.1, 0.15) is 11.9 Å². The molecule has 33 heavy (non-hydrogen) atoms. The average Bonchev–Trinajstić information content (AvgIpc) is 3.23. The van der Waals surface area contributed by atoms with Crippen LogP contribution in [0, 0.1) is 11.3 Å². The lowest BCUT2D eigenvalue weighted by molar-refractivity contribution is -0.161. The average molecular weight is 463 g/mol. The molecule has 0 aliphatic heterocycles. The number of carboxylic acid groups (broad SMARTS) is 1. The highest BCUT2D eigenvalue weighted by Crippen LogP contribution is 2.63. The summed E-state index contributed by atoms with van der Waals surface area (Å²) < 4.78 is 6.90. The van der Waals surface area contributed by atoms with Gasteiger partial charge in [0, 0.05) is 13.2 Å². The van der Waals surface area contributed by atoms with E-state index in [0.717, 1.165) is 4.90 Å². The summed E-state index contributed by atoms with van der Waals surface area (Å²) in [7, 11) is 1.37. The summed E-state index contributed by atoms with van der Waals surface area (Å²) in [6.45, 7) is 7.88. The number of anilines is 1. The number of nitrogen functional groups attached to an aromatic ring is 1. The molecule has 1 saturated carbocycles. The first-order valence-corrected chi connectivity index (χ1v) is 10.5. The van der Waals surface area contributed by atoms with Gasteiger partial charge in [-0.1, -0.05) is 13.8 Å². The van der Waals surface area contributed by atoms with Crippen LogP contribution >= 0.6 is 0 Å². The number of hydrogen-bond acceptors (Lipinski definition) is 8. The maximum atomic E-state index is 12.9. The molecule has 0 bridgehead atoms. The zero-order chi connectivity index (χ0) is 24.9. The van der Waals surface area contributed by atoms with Gasteiger partial charge in [0.2, 0.25) is 5.95 Å². The molecular weight excluding hydrogens is 432 g/mol. The fourth-order valence-electron chi connectivity index (χ4n) is 4.64. The van der Waals surface area contributed by atoms with Crippen molar-refractivity contribution in [3.63, 3.8) is 0 Å². The summed E-state index contributed by atoms with van der Waals surface area (Å²) in [5.41, 5.74) is 2.01. The van der Waals surface area contributed by atoms with E-state index >= 15 is 0 Å². The number of nitrogens with zero attached hydrogens (tertiary/aromatic N) is 4. The third-order valence-corrected chi connectivity index (χ3v) is 6.08. The van der Waals surface area contributed by atoms with Crippen molar-refractivity contribution in [3.8, 4) is 0 Å². The van der Waals surface area contributed by atoms with E-state index in [0.29, 0.717) is 5.57 Å². The molecule has 0 radical (unpaired) electrons. The highest BCUT2D eigenvalue weighted by atomic mass is 16.6. The molecule has 1 amide bonds. The molecule has 3 rings (SSSR count). The molecule has 0 saturated heterocycles. The topological polar surface area (TPSA) is 177 Å². The standard InChI is InChI=1S/C21H30N6O6/c1-11(2)21(16(30)31,26(6)18(32)33-19(3,4)5)20(9-28)7-12(20)8-27-10-23-13-14(27)24-17(22)25-15(13)29/h8,10-11,28H,7,9H2,1-6H3,(H,30,31)(H3,22,24,25,29)/b12-8-/t20?,21-/m0/s1. The van der Waals surface area contributed by atoms with E-state index in [4.69, 9.17) is 10.5 Å². The van der Waals surface area contributed by atoms with Crippen LogP contribution in [-0.4, -0.2) is 71.5 Å². The Morgan fingerprint density at radius 2 is 2.06 bits per heavy atom. The number of nitrogens with two attached hydrogens (primary N) is 1. The van der Waals surface area contributed by atoms with Crippen LogP contribution in [0.15, 0.2) is 16.7 Å². The van der Waals surface area contributed by atoms with Crippen molar-refractivity contribution in [3.05, 3.63) is 22.3 Å². The van der Waals surface area contributed by atoms with Crippen LogP contribution in [0.2, 0.25) is 0 Å². The largest absolute Gasteiger partial charge is 0.479 e. The second-order valence-electron chi connectivity index (χ2n) is 9.61. The number of ether oxygens (including phenoxy) is 1. The molecule has 2 atom stereocenters. The predicted octanol–water partition coefficient (Wildman–Crippen LogP) is 1.27. The lowest BCUT2D eigenvalue weighted by atomic mass is 9.71. The number of carbonyl (C=O) groups is 2. The summed E-state index contributed by atoms with van der Waals surface area (Å²) in [6.07, 6.45) is 2.31. The molecule has 2 aromatic rings. The van der Waals surface area contributed by atoms with Gasteiger partial charge in [-0.05, 0) is 38.7 Å². The van der Waals surface area contributed by atoms with Crippen LogP contribution in [0.1, 0.15) is 41.0 Å². The number of rotatable bonds is 6. The van der Waals surface area contributed by atoms with Crippen molar-refractivity contribution >= 4 is 35.4 Å². The molecule has 1 fully saturated rings. The van der Waals surface area contributed by atoms with Crippen molar-refractivity contribution < 1.29 is 24.5 Å². The van der Waals surface area contributed by atoms with E-state index in [9.17, 15) is 24.6 Å². The number of hydrogen-bond donors (Lipinski definition) is 4. The van der Waals surface area contributed by atoms with E-state index in [2.05, 4.69) is 15.0 Å². The van der Waals surface area contributed by atoms with Crippen LogP contribution in [-0.2, 0) is 9.53 Å². The van der Waals surface area contributed by atoms with Gasteiger partial charge < -0.3 is 20.7 Å². The van der Waals surface area contributed by atoms with Gasteiger partial charge >= 0.3 is 12.1 Å². The molecule has 5 N–H and O–H groups in total. The zero-order valence-corrected chi connectivity index (χ0v) is 19.5. The number of carbonyl (C=O) groups excluding carboxylic acids is 1. The molecule has 180 valence electrons. The highest BCUT2D eigenvalue weighted by Gasteiger charge is 2.71. The Bertz CT molecular complexity index is 1190. The van der Waals surface area contributed by atoms with Crippen LogP contribution in [0.25, 0.3) is 17.4 Å². The first-order valence-electron chi connectivity index (χ1n) is 10.5. The molecule has 0 spiro atoms. The Morgan fingerprint density at radius 1 is 1.42 bits per heavy atom. The van der Waals surface area contributed by atoms with Crippen LogP contribution in [0.4, 0.5) is 10.7 Å². The summed E-state index contributed by atoms with van der Waals surface area (Å²) in [4.78, 5) is 49.4. The van der Waals surface area contributed by atoms with Crippen molar-refractivity contribution in [2.75, 3.05) is 19.4 Å². The van der Waals surface area contributed by atoms with E-state index in [-0.39, 0.29) is 23.5 Å². The van der Waals surface area contributed by atoms with Crippen LogP contribution < -0.4 is 11.3 Å². The first kappa shape index (κ1) is 24.2. The summed E-state index contributed by atoms with van der Waals surface area (Å²) in [5.74, 6) is -1.96. The Labute approximate surface area is 190 Å². The Morgan fingerprint density at radius 3 is 2.58 bits per heavy atom. The molecule has 1 aliphatic rings. The van der Waals surface area contributed by atoms with Crippen molar-refractivity contribution in [2.45, 2.75) is 52.2 Å². The summed E-state index contributed by atoms with van der Waals surface area (Å²) in [5, 5.41) is 20.9. The number of aliphatic carboxylic acids is 1. The Kier molecular flexibility index (Phi) is 5.78. The monoisotopic (exact) mass is 462 g/mol. The summed E-state index contributed by atoms with van der Waals surface area (Å²) >= 11 is 0. The van der Waals surface area contributed by atoms with Crippen molar-refractivity contribution in [2.24, 2.45) is 11.3 Å². The number of H-pyrrole nitrogens is 1. The number of aromatic amines is 1. The molecule has 2 heterocycles. The van der Waals surface area contributed by atoms with Crippen LogP contribution in [0.5, 0.6) is 0 Å². The third kappa shape index (κ3) is 3.73. The van der Waals surface area contributed by atoms with Gasteiger partial charge in [0.05, 0.1) is 12.0 Å². The van der Waals surface area contributed by atoms with Gasteiger partial charge in [0.25, 0.3) is 5.56 Å². The zero-order valence-electron chi connectivity index (χ0n) is 19.5. The molecular formula is C21H30N6O6. The highest BCUT2D eigenvalue weighted by molar-refractivity contribution is 5.89. The quantitative estimate of drug-likeness (QED) is 0.492. The molecule has 12 heteroatoms. The van der Waals surface area contributed by atoms with Gasteiger partial charge in [-0.2, -0.15) is 4.98 Å². The maximum absolute atomic E-state index is 12.9. The van der Waals surface area contributed by atoms with Gasteiger partial charge in [-0.3, -0.25) is 19.2 Å². The van der Waals surface area contributed by atoms with Gasteiger partial charge in [-0.25, -0.2) is 14.6 Å². The maximum Gasteiger partial charge on any atom is 0.411 e. The van der Waals surface area contributed by atoms with E-state index in [1.165, 1.54) is 17.9 Å². The normalized spacial score (nSPS) is 21.3. The second kappa shape index (κ2) is 7.87. The third-order valence-electron chi connectivity index (χ3n) is 6.08. The number of amides is 1. The lowest BCUT2D eigenvalue weighted by Gasteiger charge is -2.46. The fourth-order valence-corrected chi connectivity index (χ4v) is 4.64. The number of imidazole rings is 1. The van der Waals surface area contributed by atoms with Crippen LogP contribution in [0.3, 0.4) is 0 Å². The Hall–Kier alpha value is -3.41. The fraction of sp³-hybridized carbons (Fsp3) is 0.571. The van der Waals surface area contributed by atoms with Gasteiger partial charge in [-0.15, -0.1) is 0 Å². The number of aliphatic hydroxyl groups excluding tert-OH is 1. The number of aromatic nitrogens is 4. The molecule has 1 unspecified atom stereocenters. The van der Waals surface area contributed by atoms with Gasteiger partial charge in [0.15, 0.2) is 16.7 Å². The SMILES string of the molecule is CC(C)[C@@](C(=O)O)(N(C)C(=O)OC(C)(C)C)C1(CO)C/C1=C/n1cnc2c(=O)[nH]c(N)nc21.